The number of carbonyl (C=O) groups excluding carboxylic acids is 1. The van der Waals surface area contributed by atoms with Crippen molar-refractivity contribution in [3.8, 4) is 34.0 Å². The average Bonchev–Trinajstić information content (AvgIpc) is 3.64. The largest absolute Gasteiger partial charge is 0.493 e. The Balaban J connectivity index is 1.14. The number of amides is 1. The molecule has 2 aliphatic rings. The van der Waals surface area contributed by atoms with Gasteiger partial charge in [0.2, 0.25) is 5.91 Å². The molecule has 1 spiro atoms. The number of nitrogens with one attached hydrogen (secondary N) is 1. The molecular weight excluding hydrogens is 535 g/mol. The van der Waals surface area contributed by atoms with Gasteiger partial charge in [-0.1, -0.05) is 12.1 Å². The number of benzene rings is 3. The molecule has 0 atom stereocenters. The quantitative estimate of drug-likeness (QED) is 0.284. The summed E-state index contributed by atoms with van der Waals surface area (Å²) in [6.45, 7) is 8.26. The maximum Gasteiger partial charge on any atom is 0.227 e. The summed E-state index contributed by atoms with van der Waals surface area (Å²) in [5.74, 6) is 1.98. The molecule has 10 heteroatoms. The van der Waals surface area contributed by atoms with Crippen molar-refractivity contribution in [2.24, 2.45) is 5.41 Å². The number of tetrazole rings is 1. The number of hydrogen-bond donors (Lipinski definition) is 1. The first kappa shape index (κ1) is 27.8. The van der Waals surface area contributed by atoms with Gasteiger partial charge in [-0.15, -0.1) is 5.10 Å². The monoisotopic (exact) mass is 570 g/mol. The van der Waals surface area contributed by atoms with E-state index in [4.69, 9.17) is 9.47 Å². The van der Waals surface area contributed by atoms with Crippen LogP contribution in [0.1, 0.15) is 38.7 Å². The molecule has 0 bridgehead atoms. The fraction of sp³-hybridized carbons (Fsp3) is 0.375. The minimum atomic E-state index is -0.278. The van der Waals surface area contributed by atoms with E-state index in [1.54, 1.807) is 12.1 Å². The van der Waals surface area contributed by atoms with Gasteiger partial charge >= 0.3 is 0 Å². The zero-order chi connectivity index (χ0) is 29.1. The summed E-state index contributed by atoms with van der Waals surface area (Å²) in [4.78, 5) is 17.5. The molecule has 0 saturated carbocycles. The summed E-state index contributed by atoms with van der Waals surface area (Å²) in [6, 6.07) is 18.4. The Labute approximate surface area is 244 Å². The van der Waals surface area contributed by atoms with Crippen molar-refractivity contribution in [2.45, 2.75) is 39.7 Å². The van der Waals surface area contributed by atoms with Crippen LogP contribution in [-0.2, 0) is 11.3 Å². The molecule has 0 unspecified atom stereocenters. The number of rotatable bonds is 9. The second-order valence-electron chi connectivity index (χ2n) is 11.1. The minimum absolute atomic E-state index is 0.0134. The summed E-state index contributed by atoms with van der Waals surface area (Å²) in [5, 5.41) is 14.0. The lowest BCUT2D eigenvalue weighted by atomic mass is 9.77. The molecule has 4 aromatic rings. The number of nitrogens with zero attached hydrogens (tertiary/aromatic N) is 5. The van der Waals surface area contributed by atoms with E-state index in [1.807, 2.05) is 43.0 Å². The summed E-state index contributed by atoms with van der Waals surface area (Å²) < 4.78 is 25.8. The molecule has 0 aliphatic carbocycles. The zero-order valence-corrected chi connectivity index (χ0v) is 24.0. The van der Waals surface area contributed by atoms with Gasteiger partial charge in [-0.2, -0.15) is 0 Å². The molecule has 42 heavy (non-hydrogen) atoms. The van der Waals surface area contributed by atoms with Crippen LogP contribution in [0.15, 0.2) is 60.7 Å². The number of hydrogen-bond acceptors (Lipinski definition) is 7. The number of carbonyl (C=O) groups is 1. The fourth-order valence-corrected chi connectivity index (χ4v) is 6.17. The number of piperidine rings is 1. The summed E-state index contributed by atoms with van der Waals surface area (Å²) in [7, 11) is 0. The van der Waals surface area contributed by atoms with Crippen LogP contribution in [0, 0.1) is 11.2 Å². The highest BCUT2D eigenvalue weighted by Gasteiger charge is 2.45. The number of halogens is 1. The summed E-state index contributed by atoms with van der Waals surface area (Å²) in [6.07, 6.45) is 2.49. The highest BCUT2D eigenvalue weighted by Crippen LogP contribution is 2.44. The molecule has 2 fully saturated rings. The van der Waals surface area contributed by atoms with Gasteiger partial charge in [0, 0.05) is 30.8 Å². The van der Waals surface area contributed by atoms with Crippen LogP contribution in [-0.4, -0.2) is 64.3 Å². The Morgan fingerprint density at radius 1 is 0.929 bits per heavy atom. The van der Waals surface area contributed by atoms with Crippen LogP contribution < -0.4 is 14.4 Å². The topological polar surface area (TPSA) is 96.5 Å². The first-order valence-corrected chi connectivity index (χ1v) is 14.5. The Bertz CT molecular complexity index is 1490. The normalized spacial score (nSPS) is 16.7. The summed E-state index contributed by atoms with van der Waals surface area (Å²) in [5.41, 5.74) is 4.58. The molecule has 9 nitrogen and oxygen atoms in total. The molecule has 2 saturated heterocycles. The van der Waals surface area contributed by atoms with Gasteiger partial charge in [0.1, 0.15) is 17.3 Å². The van der Waals surface area contributed by atoms with Crippen LogP contribution in [0.5, 0.6) is 11.5 Å². The predicted molar refractivity (Wildman–Crippen MR) is 158 cm³/mol. The van der Waals surface area contributed by atoms with Gasteiger partial charge in [0.15, 0.2) is 5.82 Å². The van der Waals surface area contributed by atoms with E-state index in [0.29, 0.717) is 25.5 Å². The van der Waals surface area contributed by atoms with Crippen molar-refractivity contribution in [1.82, 2.24) is 25.5 Å². The number of aromatic nitrogens is 4. The molecule has 3 aromatic carbocycles. The van der Waals surface area contributed by atoms with Gasteiger partial charge in [0.05, 0.1) is 18.8 Å². The maximum atomic E-state index is 13.6. The number of H-pyrrole nitrogens is 1. The SMILES string of the molecule is CCOc1cc(CN2CCC3(CC2)CC(=O)N(c2ccc(-c4nnn[nH]4)cc2)C3)cc(OCC)c1-c1ccc(F)cc1. The number of aromatic amines is 1. The number of anilines is 1. The predicted octanol–water partition coefficient (Wildman–Crippen LogP) is 5.49. The Morgan fingerprint density at radius 2 is 1.57 bits per heavy atom. The summed E-state index contributed by atoms with van der Waals surface area (Å²) >= 11 is 0. The number of ether oxygens (including phenoxy) is 2. The third-order valence-electron chi connectivity index (χ3n) is 8.30. The lowest BCUT2D eigenvalue weighted by Gasteiger charge is -2.39. The van der Waals surface area contributed by atoms with Crippen LogP contribution in [0.25, 0.3) is 22.5 Å². The second kappa shape index (κ2) is 11.9. The van der Waals surface area contributed by atoms with Crippen LogP contribution >= 0.6 is 0 Å². The average molecular weight is 571 g/mol. The van der Waals surface area contributed by atoms with Gasteiger partial charge < -0.3 is 14.4 Å². The molecule has 1 amide bonds. The Hall–Kier alpha value is -4.31. The highest BCUT2D eigenvalue weighted by atomic mass is 19.1. The van der Waals surface area contributed by atoms with E-state index in [9.17, 15) is 9.18 Å². The van der Waals surface area contributed by atoms with Crippen molar-refractivity contribution in [3.05, 3.63) is 72.0 Å². The van der Waals surface area contributed by atoms with E-state index in [1.165, 1.54) is 12.1 Å². The second-order valence-corrected chi connectivity index (χ2v) is 11.1. The first-order valence-electron chi connectivity index (χ1n) is 14.5. The van der Waals surface area contributed by atoms with Crippen molar-refractivity contribution in [1.29, 1.82) is 0 Å². The molecule has 2 aliphatic heterocycles. The highest BCUT2D eigenvalue weighted by molar-refractivity contribution is 5.96. The zero-order valence-electron chi connectivity index (χ0n) is 24.0. The van der Waals surface area contributed by atoms with Crippen LogP contribution in [0.3, 0.4) is 0 Å². The lowest BCUT2D eigenvalue weighted by molar-refractivity contribution is -0.118. The van der Waals surface area contributed by atoms with E-state index in [0.717, 1.165) is 78.5 Å². The molecule has 218 valence electrons. The van der Waals surface area contributed by atoms with Gasteiger partial charge in [-0.25, -0.2) is 9.49 Å². The van der Waals surface area contributed by atoms with E-state index >= 15 is 0 Å². The molecule has 0 radical (unpaired) electrons. The fourth-order valence-electron chi connectivity index (χ4n) is 6.17. The van der Waals surface area contributed by atoms with E-state index < -0.39 is 0 Å². The Kier molecular flexibility index (Phi) is 7.88. The van der Waals surface area contributed by atoms with E-state index in [-0.39, 0.29) is 17.1 Å². The molecule has 6 rings (SSSR count). The van der Waals surface area contributed by atoms with Crippen LogP contribution in [0.2, 0.25) is 0 Å². The maximum absolute atomic E-state index is 13.6. The van der Waals surface area contributed by atoms with Gasteiger partial charge in [-0.3, -0.25) is 9.69 Å². The Morgan fingerprint density at radius 3 is 2.17 bits per heavy atom. The van der Waals surface area contributed by atoms with Crippen molar-refractivity contribution in [3.63, 3.8) is 0 Å². The molecule has 3 heterocycles. The van der Waals surface area contributed by atoms with Crippen molar-refractivity contribution >= 4 is 11.6 Å². The first-order chi connectivity index (χ1) is 20.5. The third-order valence-corrected chi connectivity index (χ3v) is 8.30. The molecule has 1 N–H and O–H groups in total. The smallest absolute Gasteiger partial charge is 0.227 e. The minimum Gasteiger partial charge on any atom is -0.493 e. The molecular formula is C32H35FN6O3. The van der Waals surface area contributed by atoms with Crippen LogP contribution in [0.4, 0.5) is 10.1 Å². The van der Waals surface area contributed by atoms with Gasteiger partial charge in [-0.05, 0) is 115 Å². The lowest BCUT2D eigenvalue weighted by Crippen LogP contribution is -2.41. The van der Waals surface area contributed by atoms with Gasteiger partial charge in [0.25, 0.3) is 0 Å². The molecule has 1 aromatic heterocycles. The van der Waals surface area contributed by atoms with E-state index in [2.05, 4.69) is 37.7 Å². The van der Waals surface area contributed by atoms with Crippen molar-refractivity contribution in [2.75, 3.05) is 37.7 Å². The van der Waals surface area contributed by atoms with Crippen molar-refractivity contribution < 1.29 is 18.7 Å². The third kappa shape index (κ3) is 5.72. The standard InChI is InChI=1S/C32H35FN6O3/c1-3-41-27-17-22(18-28(42-4-2)30(27)23-5-9-25(33)10-6-23)20-38-15-13-32(14-16-38)19-29(40)39(21-32)26-11-7-24(8-12-26)31-34-36-37-35-31/h5-12,17-18H,3-4,13-16,19-21H2,1-2H3,(H,34,35,36,37). The number of likely N-dealkylation sites (tertiary alicyclic amines) is 1.